The van der Waals surface area contributed by atoms with Gasteiger partial charge in [0.25, 0.3) is 0 Å². The summed E-state index contributed by atoms with van der Waals surface area (Å²) in [5.41, 5.74) is 1.85. The zero-order chi connectivity index (χ0) is 23.0. The molecular weight excluding hydrogens is 422 g/mol. The second-order valence-electron chi connectivity index (χ2n) is 10.7. The number of benzene rings is 1. The molecular formula is C25H40N3O3S+. The second-order valence-corrected chi connectivity index (χ2v) is 12.8. The Morgan fingerprint density at radius 2 is 1.78 bits per heavy atom. The number of nitrogens with one attached hydrogen (secondary N) is 1. The molecule has 1 aromatic carbocycles. The summed E-state index contributed by atoms with van der Waals surface area (Å²) >= 11 is 0. The number of piperidine rings is 2. The first-order valence-electron chi connectivity index (χ1n) is 12.3. The van der Waals surface area contributed by atoms with Gasteiger partial charge in [0.05, 0.1) is 31.0 Å². The Labute approximate surface area is 194 Å². The Balaban J connectivity index is 1.58. The van der Waals surface area contributed by atoms with Gasteiger partial charge in [-0.3, -0.25) is 4.48 Å². The Bertz CT molecular complexity index is 920. The fourth-order valence-corrected chi connectivity index (χ4v) is 6.83. The van der Waals surface area contributed by atoms with Gasteiger partial charge >= 0.3 is 5.91 Å². The summed E-state index contributed by atoms with van der Waals surface area (Å²) < 4.78 is 26.1. The number of hydrogen-bond donors (Lipinski definition) is 1. The van der Waals surface area contributed by atoms with Crippen LogP contribution in [0, 0.1) is 5.92 Å². The third-order valence-corrected chi connectivity index (χ3v) is 9.71. The fraction of sp³-hybridized carbons (Fsp3) is 0.720. The van der Waals surface area contributed by atoms with E-state index >= 15 is 0 Å². The molecule has 1 aliphatic carbocycles. The van der Waals surface area contributed by atoms with Crippen LogP contribution in [0.5, 0.6) is 0 Å². The predicted octanol–water partition coefficient (Wildman–Crippen LogP) is 3.14. The highest BCUT2D eigenvalue weighted by Gasteiger charge is 2.48. The predicted molar refractivity (Wildman–Crippen MR) is 128 cm³/mol. The number of amides is 1. The van der Waals surface area contributed by atoms with Crippen molar-refractivity contribution < 1.29 is 17.7 Å². The smallest absolute Gasteiger partial charge is 0.316 e. The van der Waals surface area contributed by atoms with Gasteiger partial charge in [0.15, 0.2) is 0 Å². The van der Waals surface area contributed by atoms with Crippen molar-refractivity contribution in [3.63, 3.8) is 0 Å². The standard InChI is InChI=1S/C25H40N3O3S/c1-20-6-4-17-28(18-20,23-11-15-26-16-12-23)24(29)21-7-9-22(10-8-21)25(13-5-14-25)19-27(2)32(3,30)31/h7-10,20,23,26H,4-6,11-19H2,1-3H3/q+1. The van der Waals surface area contributed by atoms with Crippen LogP contribution >= 0.6 is 0 Å². The maximum atomic E-state index is 14.0. The summed E-state index contributed by atoms with van der Waals surface area (Å²) in [7, 11) is -1.55. The van der Waals surface area contributed by atoms with E-state index in [9.17, 15) is 13.2 Å². The lowest BCUT2D eigenvalue weighted by Gasteiger charge is -2.48. The van der Waals surface area contributed by atoms with E-state index in [4.69, 9.17) is 0 Å². The van der Waals surface area contributed by atoms with E-state index in [1.165, 1.54) is 17.0 Å². The quantitative estimate of drug-likeness (QED) is 0.660. The summed E-state index contributed by atoms with van der Waals surface area (Å²) in [6.45, 7) is 6.71. The minimum atomic E-state index is -3.21. The van der Waals surface area contributed by atoms with Crippen LogP contribution in [0.25, 0.3) is 0 Å². The van der Waals surface area contributed by atoms with Gasteiger partial charge < -0.3 is 5.32 Å². The third-order valence-electron chi connectivity index (χ3n) is 8.45. The van der Waals surface area contributed by atoms with Gasteiger partial charge in [-0.05, 0) is 43.4 Å². The Hall–Kier alpha value is -1.28. The molecule has 3 fully saturated rings. The molecule has 3 aliphatic rings. The van der Waals surface area contributed by atoms with E-state index in [1.807, 2.05) is 12.1 Å². The first-order chi connectivity index (χ1) is 15.2. The normalized spacial score (nSPS) is 28.9. The second kappa shape index (κ2) is 9.16. The van der Waals surface area contributed by atoms with Crippen LogP contribution in [-0.4, -0.2) is 75.2 Å². The lowest BCUT2D eigenvalue weighted by molar-refractivity contribution is -0.884. The lowest BCUT2D eigenvalue weighted by atomic mass is 9.64. The number of hydrogen-bond acceptors (Lipinski definition) is 4. The van der Waals surface area contributed by atoms with Crippen LogP contribution in [0.3, 0.4) is 0 Å². The van der Waals surface area contributed by atoms with E-state index in [-0.39, 0.29) is 11.3 Å². The van der Waals surface area contributed by atoms with Gasteiger partial charge in [-0.1, -0.05) is 25.5 Å². The molecule has 1 saturated carbocycles. The molecule has 0 bridgehead atoms. The Kier molecular flexibility index (Phi) is 6.83. The Morgan fingerprint density at radius 3 is 2.31 bits per heavy atom. The topological polar surface area (TPSA) is 66.5 Å². The summed E-state index contributed by atoms with van der Waals surface area (Å²) in [5, 5.41) is 3.46. The molecule has 2 aliphatic heterocycles. The summed E-state index contributed by atoms with van der Waals surface area (Å²) in [4.78, 5) is 14.0. The largest absolute Gasteiger partial charge is 0.346 e. The summed E-state index contributed by atoms with van der Waals surface area (Å²) in [6.07, 6.45) is 8.84. The maximum Gasteiger partial charge on any atom is 0.346 e. The van der Waals surface area contributed by atoms with Crippen LogP contribution in [0.1, 0.15) is 67.8 Å². The van der Waals surface area contributed by atoms with Crippen molar-refractivity contribution in [3.8, 4) is 0 Å². The number of quaternary nitrogens is 1. The highest BCUT2D eigenvalue weighted by Crippen LogP contribution is 2.44. The van der Waals surface area contributed by atoms with Crippen molar-refractivity contribution in [2.24, 2.45) is 5.92 Å². The molecule has 0 spiro atoms. The highest BCUT2D eigenvalue weighted by atomic mass is 32.2. The van der Waals surface area contributed by atoms with E-state index in [0.29, 0.717) is 23.0 Å². The van der Waals surface area contributed by atoms with Crippen molar-refractivity contribution in [1.82, 2.24) is 9.62 Å². The van der Waals surface area contributed by atoms with E-state index in [0.717, 1.165) is 75.8 Å². The van der Waals surface area contributed by atoms with Gasteiger partial charge in [-0.2, -0.15) is 0 Å². The average molecular weight is 463 g/mol. The molecule has 1 aromatic rings. The number of likely N-dealkylation sites (tertiary alicyclic amines) is 1. The van der Waals surface area contributed by atoms with Crippen molar-refractivity contribution in [2.45, 2.75) is 63.3 Å². The number of carbonyl (C=O) groups is 1. The van der Waals surface area contributed by atoms with Crippen molar-refractivity contribution >= 4 is 15.9 Å². The van der Waals surface area contributed by atoms with Crippen LogP contribution in [0.4, 0.5) is 0 Å². The van der Waals surface area contributed by atoms with Crippen molar-refractivity contribution in [2.75, 3.05) is 46.0 Å². The number of carbonyl (C=O) groups excluding carboxylic acids is 1. The monoisotopic (exact) mass is 462 g/mol. The maximum absolute atomic E-state index is 14.0. The highest BCUT2D eigenvalue weighted by molar-refractivity contribution is 7.88. The molecule has 178 valence electrons. The van der Waals surface area contributed by atoms with Gasteiger partial charge in [0, 0.05) is 50.9 Å². The molecule has 6 nitrogen and oxygen atoms in total. The molecule has 0 radical (unpaired) electrons. The summed E-state index contributed by atoms with van der Waals surface area (Å²) in [5.74, 6) is 0.859. The van der Waals surface area contributed by atoms with Crippen LogP contribution in [0.15, 0.2) is 24.3 Å². The molecule has 2 saturated heterocycles. The minimum Gasteiger partial charge on any atom is -0.316 e. The van der Waals surface area contributed by atoms with E-state index in [1.54, 1.807) is 7.05 Å². The molecule has 2 heterocycles. The number of nitrogens with zero attached hydrogens (tertiary/aromatic N) is 2. The lowest BCUT2D eigenvalue weighted by Crippen LogP contribution is -2.65. The molecule has 1 N–H and O–H groups in total. The third kappa shape index (κ3) is 4.54. The molecule has 32 heavy (non-hydrogen) atoms. The van der Waals surface area contributed by atoms with Crippen molar-refractivity contribution in [1.29, 1.82) is 0 Å². The van der Waals surface area contributed by atoms with Crippen LogP contribution < -0.4 is 5.32 Å². The first-order valence-corrected chi connectivity index (χ1v) is 14.2. The number of likely N-dealkylation sites (N-methyl/N-ethyl adjacent to an activating group) is 1. The van der Waals surface area contributed by atoms with Gasteiger partial charge in [0.1, 0.15) is 0 Å². The molecule has 2 unspecified atom stereocenters. The molecule has 2 atom stereocenters. The molecule has 0 aromatic heterocycles. The zero-order valence-electron chi connectivity index (χ0n) is 20.0. The Morgan fingerprint density at radius 1 is 1.12 bits per heavy atom. The van der Waals surface area contributed by atoms with Gasteiger partial charge in [-0.15, -0.1) is 0 Å². The van der Waals surface area contributed by atoms with Crippen LogP contribution in [-0.2, 0) is 15.4 Å². The SMILES string of the molecule is CC1CCC[N+](C(=O)c2ccc(C3(CN(C)S(C)(=O)=O)CCC3)cc2)(C2CCNCC2)C1. The van der Waals surface area contributed by atoms with Crippen LogP contribution in [0.2, 0.25) is 0 Å². The first kappa shape index (κ1) is 23.9. The molecule has 1 amide bonds. The fourth-order valence-electron chi connectivity index (χ4n) is 6.35. The van der Waals surface area contributed by atoms with E-state index in [2.05, 4.69) is 24.4 Å². The number of rotatable bonds is 6. The number of sulfonamides is 1. The molecule has 4 rings (SSSR count). The van der Waals surface area contributed by atoms with E-state index < -0.39 is 10.0 Å². The summed E-state index contributed by atoms with van der Waals surface area (Å²) in [6, 6.07) is 8.62. The zero-order valence-corrected chi connectivity index (χ0v) is 20.8. The average Bonchev–Trinajstić information content (AvgIpc) is 2.75. The van der Waals surface area contributed by atoms with Gasteiger partial charge in [0.2, 0.25) is 10.0 Å². The minimum absolute atomic E-state index is 0.125. The molecule has 7 heteroatoms. The van der Waals surface area contributed by atoms with Crippen molar-refractivity contribution in [3.05, 3.63) is 35.4 Å². The van der Waals surface area contributed by atoms with Gasteiger partial charge in [-0.25, -0.2) is 17.5 Å².